The smallest absolute Gasteiger partial charge is 0.161 e. The summed E-state index contributed by atoms with van der Waals surface area (Å²) in [5.41, 5.74) is 3.71. The molecule has 0 aromatic heterocycles. The van der Waals surface area contributed by atoms with Gasteiger partial charge >= 0.3 is 0 Å². The quantitative estimate of drug-likeness (QED) is 0.890. The summed E-state index contributed by atoms with van der Waals surface area (Å²) in [4.78, 5) is 7.11. The zero-order valence-corrected chi connectivity index (χ0v) is 14.0. The summed E-state index contributed by atoms with van der Waals surface area (Å²) in [6, 6.07) is 7.10. The van der Waals surface area contributed by atoms with E-state index in [1.54, 1.807) is 0 Å². The summed E-state index contributed by atoms with van der Waals surface area (Å²) in [5, 5.41) is 4.63. The van der Waals surface area contributed by atoms with Crippen molar-refractivity contribution < 1.29 is 0 Å². The molecule has 21 heavy (non-hydrogen) atoms. The number of amidine groups is 1. The Bertz CT molecular complexity index is 539. The first-order valence-corrected chi connectivity index (χ1v) is 8.87. The Morgan fingerprint density at radius 1 is 1.24 bits per heavy atom. The van der Waals surface area contributed by atoms with Crippen LogP contribution in [-0.4, -0.2) is 31.1 Å². The third-order valence-electron chi connectivity index (χ3n) is 4.53. The van der Waals surface area contributed by atoms with Gasteiger partial charge in [-0.1, -0.05) is 30.7 Å². The van der Waals surface area contributed by atoms with E-state index in [-0.39, 0.29) is 0 Å². The highest BCUT2D eigenvalue weighted by Crippen LogP contribution is 2.34. The van der Waals surface area contributed by atoms with Gasteiger partial charge in [-0.3, -0.25) is 4.99 Å². The standard InChI is InChI=1S/C17H25N3S/c1-12-8-9-14(10-16(12)20(2)3)18-17-19-15-7-5-4-6-13(15)11-21-17/h8-10,13,15H,4-7,11H2,1-3H3,(H,18,19). The van der Waals surface area contributed by atoms with Crippen LogP contribution in [0.3, 0.4) is 0 Å². The second-order valence-electron chi connectivity index (χ2n) is 6.38. The number of thioether (sulfide) groups is 1. The van der Waals surface area contributed by atoms with E-state index in [9.17, 15) is 0 Å². The molecule has 1 aromatic rings. The number of nitrogens with zero attached hydrogens (tertiary/aromatic N) is 2. The molecule has 0 saturated heterocycles. The van der Waals surface area contributed by atoms with Crippen molar-refractivity contribution >= 4 is 28.3 Å². The minimum atomic E-state index is 0.557. The van der Waals surface area contributed by atoms with Crippen LogP contribution in [0.5, 0.6) is 0 Å². The number of aryl methyl sites for hydroxylation is 1. The summed E-state index contributed by atoms with van der Waals surface area (Å²) in [6.45, 7) is 2.15. The van der Waals surface area contributed by atoms with Crippen LogP contribution in [0.2, 0.25) is 0 Å². The second kappa shape index (κ2) is 6.30. The molecule has 1 saturated carbocycles. The molecular formula is C17H25N3S. The van der Waals surface area contributed by atoms with Gasteiger partial charge in [-0.25, -0.2) is 0 Å². The molecule has 0 spiro atoms. The molecule has 1 aromatic carbocycles. The predicted octanol–water partition coefficient (Wildman–Crippen LogP) is 4.13. The summed E-state index contributed by atoms with van der Waals surface area (Å²) in [6.07, 6.45) is 5.37. The molecule has 2 aliphatic rings. The Labute approximate surface area is 132 Å². The van der Waals surface area contributed by atoms with E-state index in [4.69, 9.17) is 4.99 Å². The fourth-order valence-corrected chi connectivity index (χ4v) is 4.45. The number of fused-ring (bicyclic) bond motifs is 1. The van der Waals surface area contributed by atoms with Crippen molar-refractivity contribution in [2.75, 3.05) is 30.1 Å². The molecule has 0 radical (unpaired) electrons. The van der Waals surface area contributed by atoms with Gasteiger partial charge in [-0.05, 0) is 43.4 Å². The fraction of sp³-hybridized carbons (Fsp3) is 0.588. The van der Waals surface area contributed by atoms with Crippen LogP contribution in [0.15, 0.2) is 23.2 Å². The third kappa shape index (κ3) is 3.37. The highest BCUT2D eigenvalue weighted by atomic mass is 32.2. The molecule has 4 heteroatoms. The molecule has 2 unspecified atom stereocenters. The first kappa shape index (κ1) is 14.8. The Kier molecular flexibility index (Phi) is 4.43. The lowest BCUT2D eigenvalue weighted by Gasteiger charge is -2.32. The number of rotatable bonds is 2. The van der Waals surface area contributed by atoms with E-state index in [0.29, 0.717) is 6.04 Å². The van der Waals surface area contributed by atoms with Gasteiger partial charge in [0.15, 0.2) is 5.17 Å². The van der Waals surface area contributed by atoms with Crippen molar-refractivity contribution in [1.29, 1.82) is 0 Å². The molecule has 1 heterocycles. The van der Waals surface area contributed by atoms with Gasteiger partial charge < -0.3 is 10.2 Å². The lowest BCUT2D eigenvalue weighted by Crippen LogP contribution is -2.31. The highest BCUT2D eigenvalue weighted by molar-refractivity contribution is 8.14. The van der Waals surface area contributed by atoms with Gasteiger partial charge in [0.25, 0.3) is 0 Å². The zero-order valence-electron chi connectivity index (χ0n) is 13.2. The van der Waals surface area contributed by atoms with Crippen molar-refractivity contribution in [1.82, 2.24) is 0 Å². The minimum absolute atomic E-state index is 0.557. The van der Waals surface area contributed by atoms with Crippen LogP contribution in [0, 0.1) is 12.8 Å². The van der Waals surface area contributed by atoms with E-state index in [1.165, 1.54) is 42.7 Å². The average molecular weight is 303 g/mol. The third-order valence-corrected chi connectivity index (χ3v) is 5.60. The van der Waals surface area contributed by atoms with Crippen molar-refractivity contribution in [3.8, 4) is 0 Å². The van der Waals surface area contributed by atoms with Crippen LogP contribution in [0.25, 0.3) is 0 Å². The van der Waals surface area contributed by atoms with Crippen molar-refractivity contribution in [2.24, 2.45) is 10.9 Å². The summed E-state index contributed by atoms with van der Waals surface area (Å²) < 4.78 is 0. The molecule has 0 bridgehead atoms. The second-order valence-corrected chi connectivity index (χ2v) is 7.39. The first-order valence-electron chi connectivity index (χ1n) is 7.89. The zero-order chi connectivity index (χ0) is 14.8. The largest absolute Gasteiger partial charge is 0.377 e. The van der Waals surface area contributed by atoms with E-state index < -0.39 is 0 Å². The van der Waals surface area contributed by atoms with Gasteiger partial charge in [-0.2, -0.15) is 0 Å². The normalized spacial score (nSPS) is 25.0. The van der Waals surface area contributed by atoms with Gasteiger partial charge in [0.1, 0.15) is 0 Å². The molecule has 3 rings (SSSR count). The molecule has 2 atom stereocenters. The number of nitrogens with one attached hydrogen (secondary N) is 1. The summed E-state index contributed by atoms with van der Waals surface area (Å²) >= 11 is 1.89. The maximum absolute atomic E-state index is 4.95. The van der Waals surface area contributed by atoms with Crippen LogP contribution in [-0.2, 0) is 0 Å². The molecule has 1 N–H and O–H groups in total. The molecule has 1 aliphatic heterocycles. The maximum atomic E-state index is 4.95. The Morgan fingerprint density at radius 2 is 2.05 bits per heavy atom. The molecule has 114 valence electrons. The van der Waals surface area contributed by atoms with Gasteiger partial charge in [0.05, 0.1) is 6.04 Å². The van der Waals surface area contributed by atoms with Crippen LogP contribution < -0.4 is 10.2 Å². The molecule has 1 fully saturated rings. The number of aliphatic imine (C=N–C) groups is 1. The van der Waals surface area contributed by atoms with Gasteiger partial charge in [0, 0.05) is 31.2 Å². The molecule has 0 amide bonds. The lowest BCUT2D eigenvalue weighted by molar-refractivity contribution is 0.336. The number of hydrogen-bond donors (Lipinski definition) is 1. The van der Waals surface area contributed by atoms with Crippen LogP contribution in [0.1, 0.15) is 31.2 Å². The molecule has 1 aliphatic carbocycles. The first-order chi connectivity index (χ1) is 10.1. The fourth-order valence-electron chi connectivity index (χ4n) is 3.29. The Morgan fingerprint density at radius 3 is 2.86 bits per heavy atom. The predicted molar refractivity (Wildman–Crippen MR) is 94.8 cm³/mol. The molecule has 3 nitrogen and oxygen atoms in total. The summed E-state index contributed by atoms with van der Waals surface area (Å²) in [5.74, 6) is 2.03. The number of benzene rings is 1. The molecular weight excluding hydrogens is 278 g/mol. The SMILES string of the molecule is Cc1ccc(NC2=NC3CCCCC3CS2)cc1N(C)C. The number of anilines is 2. The van der Waals surface area contributed by atoms with E-state index in [2.05, 4.69) is 49.4 Å². The van der Waals surface area contributed by atoms with Crippen molar-refractivity contribution in [2.45, 2.75) is 38.6 Å². The topological polar surface area (TPSA) is 27.6 Å². The van der Waals surface area contributed by atoms with E-state index in [1.807, 2.05) is 11.8 Å². The van der Waals surface area contributed by atoms with E-state index >= 15 is 0 Å². The summed E-state index contributed by atoms with van der Waals surface area (Å²) in [7, 11) is 4.18. The number of hydrogen-bond acceptors (Lipinski definition) is 4. The van der Waals surface area contributed by atoms with Gasteiger partial charge in [-0.15, -0.1) is 0 Å². The monoisotopic (exact) mass is 303 g/mol. The Balaban J connectivity index is 1.74. The van der Waals surface area contributed by atoms with Crippen molar-refractivity contribution in [3.63, 3.8) is 0 Å². The minimum Gasteiger partial charge on any atom is -0.377 e. The van der Waals surface area contributed by atoms with Crippen LogP contribution >= 0.6 is 11.8 Å². The Hall–Kier alpha value is -1.16. The van der Waals surface area contributed by atoms with Gasteiger partial charge in [0.2, 0.25) is 0 Å². The van der Waals surface area contributed by atoms with Crippen LogP contribution in [0.4, 0.5) is 11.4 Å². The van der Waals surface area contributed by atoms with Crippen molar-refractivity contribution in [3.05, 3.63) is 23.8 Å². The van der Waals surface area contributed by atoms with E-state index in [0.717, 1.165) is 16.8 Å². The maximum Gasteiger partial charge on any atom is 0.161 e. The highest BCUT2D eigenvalue weighted by Gasteiger charge is 2.29. The lowest BCUT2D eigenvalue weighted by atomic mass is 9.86. The average Bonchev–Trinajstić information content (AvgIpc) is 2.49.